The SMILES string of the molecule is COc1ccc(Oc2ccc(CN)nc2)c(Br)c1. The van der Waals surface area contributed by atoms with Crippen LogP contribution in [0.2, 0.25) is 0 Å². The molecule has 18 heavy (non-hydrogen) atoms. The first kappa shape index (κ1) is 12.9. The number of rotatable bonds is 4. The molecule has 0 saturated carbocycles. The first-order valence-corrected chi connectivity index (χ1v) is 6.18. The molecule has 0 atom stereocenters. The molecule has 5 heteroatoms. The lowest BCUT2D eigenvalue weighted by Gasteiger charge is -2.09. The number of nitrogens with zero attached hydrogens (tertiary/aromatic N) is 1. The lowest BCUT2D eigenvalue weighted by atomic mass is 10.3. The summed E-state index contributed by atoms with van der Waals surface area (Å²) in [5, 5.41) is 0. The normalized spacial score (nSPS) is 10.2. The lowest BCUT2D eigenvalue weighted by Crippen LogP contribution is -1.98. The Morgan fingerprint density at radius 3 is 2.56 bits per heavy atom. The van der Waals surface area contributed by atoms with E-state index in [1.54, 1.807) is 13.3 Å². The predicted octanol–water partition coefficient (Wildman–Crippen LogP) is 3.10. The Hall–Kier alpha value is -1.59. The molecule has 0 saturated heterocycles. The van der Waals surface area contributed by atoms with Crippen molar-refractivity contribution in [3.63, 3.8) is 0 Å². The second kappa shape index (κ2) is 5.84. The third kappa shape index (κ3) is 3.00. The van der Waals surface area contributed by atoms with Gasteiger partial charge in [-0.3, -0.25) is 4.98 Å². The van der Waals surface area contributed by atoms with E-state index in [0.29, 0.717) is 18.0 Å². The van der Waals surface area contributed by atoms with Crippen molar-refractivity contribution in [2.45, 2.75) is 6.54 Å². The van der Waals surface area contributed by atoms with Crippen molar-refractivity contribution < 1.29 is 9.47 Å². The first-order chi connectivity index (χ1) is 8.72. The fourth-order valence-corrected chi connectivity index (χ4v) is 1.85. The molecule has 1 aromatic heterocycles. The average molecular weight is 309 g/mol. The van der Waals surface area contributed by atoms with Gasteiger partial charge in [-0.25, -0.2) is 0 Å². The van der Waals surface area contributed by atoms with Gasteiger partial charge in [0.2, 0.25) is 0 Å². The van der Waals surface area contributed by atoms with E-state index in [2.05, 4.69) is 20.9 Å². The highest BCUT2D eigenvalue weighted by molar-refractivity contribution is 9.10. The number of nitrogens with two attached hydrogens (primary N) is 1. The van der Waals surface area contributed by atoms with E-state index in [1.807, 2.05) is 30.3 Å². The van der Waals surface area contributed by atoms with Crippen molar-refractivity contribution in [1.29, 1.82) is 0 Å². The molecule has 0 aliphatic carbocycles. The van der Waals surface area contributed by atoms with Crippen LogP contribution in [-0.4, -0.2) is 12.1 Å². The van der Waals surface area contributed by atoms with Crippen LogP contribution in [0, 0.1) is 0 Å². The minimum atomic E-state index is 0.423. The second-order valence-corrected chi connectivity index (χ2v) is 4.44. The van der Waals surface area contributed by atoms with Gasteiger partial charge in [-0.2, -0.15) is 0 Å². The zero-order valence-corrected chi connectivity index (χ0v) is 11.5. The Morgan fingerprint density at radius 1 is 1.22 bits per heavy atom. The highest BCUT2D eigenvalue weighted by atomic mass is 79.9. The maximum absolute atomic E-state index is 5.70. The van der Waals surface area contributed by atoms with Crippen LogP contribution in [0.1, 0.15) is 5.69 Å². The summed E-state index contributed by atoms with van der Waals surface area (Å²) in [4.78, 5) is 4.17. The van der Waals surface area contributed by atoms with Gasteiger partial charge >= 0.3 is 0 Å². The minimum absolute atomic E-state index is 0.423. The smallest absolute Gasteiger partial charge is 0.145 e. The molecule has 1 heterocycles. The van der Waals surface area contributed by atoms with Gasteiger partial charge in [0.1, 0.15) is 17.2 Å². The summed E-state index contributed by atoms with van der Waals surface area (Å²) in [6, 6.07) is 9.19. The molecule has 4 nitrogen and oxygen atoms in total. The predicted molar refractivity (Wildman–Crippen MR) is 72.9 cm³/mol. The Labute approximate surface area is 114 Å². The average Bonchev–Trinajstić information content (AvgIpc) is 2.42. The maximum atomic E-state index is 5.70. The van der Waals surface area contributed by atoms with Crippen molar-refractivity contribution in [3.05, 3.63) is 46.7 Å². The summed E-state index contributed by atoms with van der Waals surface area (Å²) in [6.45, 7) is 0.423. The van der Waals surface area contributed by atoms with Gasteiger partial charge in [-0.15, -0.1) is 0 Å². The van der Waals surface area contributed by atoms with Crippen LogP contribution >= 0.6 is 15.9 Å². The molecule has 94 valence electrons. The number of hydrogen-bond acceptors (Lipinski definition) is 4. The summed E-state index contributed by atoms with van der Waals surface area (Å²) >= 11 is 3.43. The number of methoxy groups -OCH3 is 1. The van der Waals surface area contributed by atoms with Crippen LogP contribution in [-0.2, 0) is 6.54 Å². The zero-order chi connectivity index (χ0) is 13.0. The van der Waals surface area contributed by atoms with Gasteiger partial charge in [0.25, 0.3) is 0 Å². The standard InChI is InChI=1S/C13H13BrN2O2/c1-17-10-4-5-13(12(14)6-10)18-11-3-2-9(7-15)16-8-11/h2-6,8H,7,15H2,1H3. The molecule has 2 N–H and O–H groups in total. The van der Waals surface area contributed by atoms with Crippen LogP contribution in [0.4, 0.5) is 0 Å². The summed E-state index contributed by atoms with van der Waals surface area (Å²) in [5.41, 5.74) is 6.31. The van der Waals surface area contributed by atoms with Crippen molar-refractivity contribution in [2.24, 2.45) is 5.73 Å². The van der Waals surface area contributed by atoms with Crippen LogP contribution in [0.5, 0.6) is 17.2 Å². The van der Waals surface area contributed by atoms with E-state index >= 15 is 0 Å². The van der Waals surface area contributed by atoms with E-state index in [0.717, 1.165) is 15.9 Å². The molecule has 0 bridgehead atoms. The van der Waals surface area contributed by atoms with Crippen LogP contribution in [0.15, 0.2) is 41.0 Å². The van der Waals surface area contributed by atoms with Gasteiger partial charge in [-0.1, -0.05) is 0 Å². The molecule has 2 aromatic rings. The Kier molecular flexibility index (Phi) is 4.17. The van der Waals surface area contributed by atoms with E-state index in [9.17, 15) is 0 Å². The molecule has 2 rings (SSSR count). The van der Waals surface area contributed by atoms with Crippen molar-refractivity contribution in [3.8, 4) is 17.2 Å². The monoisotopic (exact) mass is 308 g/mol. The quantitative estimate of drug-likeness (QED) is 0.943. The Bertz CT molecular complexity index is 529. The highest BCUT2D eigenvalue weighted by Crippen LogP contribution is 2.32. The molecular formula is C13H13BrN2O2. The first-order valence-electron chi connectivity index (χ1n) is 5.39. The summed E-state index contributed by atoms with van der Waals surface area (Å²) in [7, 11) is 1.62. The molecule has 0 amide bonds. The topological polar surface area (TPSA) is 57.4 Å². The summed E-state index contributed by atoms with van der Waals surface area (Å²) in [6.07, 6.45) is 1.65. The largest absolute Gasteiger partial charge is 0.497 e. The molecule has 0 aliphatic heterocycles. The molecule has 1 aromatic carbocycles. The second-order valence-electron chi connectivity index (χ2n) is 3.59. The van der Waals surface area contributed by atoms with Crippen LogP contribution < -0.4 is 15.2 Å². The fraction of sp³-hybridized carbons (Fsp3) is 0.154. The number of halogens is 1. The van der Waals surface area contributed by atoms with Crippen LogP contribution in [0.25, 0.3) is 0 Å². The zero-order valence-electron chi connectivity index (χ0n) is 9.89. The Balaban J connectivity index is 2.17. The number of pyridine rings is 1. The molecule has 0 aliphatic rings. The van der Waals surface area contributed by atoms with Crippen LogP contribution in [0.3, 0.4) is 0 Å². The summed E-state index contributed by atoms with van der Waals surface area (Å²) in [5.74, 6) is 2.14. The number of ether oxygens (including phenoxy) is 2. The third-order valence-electron chi connectivity index (χ3n) is 2.37. The van der Waals surface area contributed by atoms with Gasteiger partial charge < -0.3 is 15.2 Å². The van der Waals surface area contributed by atoms with Gasteiger partial charge in [-0.05, 0) is 46.3 Å². The van der Waals surface area contributed by atoms with E-state index in [-0.39, 0.29) is 0 Å². The molecule has 0 unspecified atom stereocenters. The van der Waals surface area contributed by atoms with Crippen molar-refractivity contribution in [1.82, 2.24) is 4.98 Å². The van der Waals surface area contributed by atoms with Crippen molar-refractivity contribution >= 4 is 15.9 Å². The van der Waals surface area contributed by atoms with E-state index in [1.165, 1.54) is 0 Å². The van der Waals surface area contributed by atoms with Gasteiger partial charge in [0, 0.05) is 6.54 Å². The number of benzene rings is 1. The summed E-state index contributed by atoms with van der Waals surface area (Å²) < 4.78 is 11.6. The Morgan fingerprint density at radius 2 is 2.00 bits per heavy atom. The molecule has 0 fully saturated rings. The fourth-order valence-electron chi connectivity index (χ4n) is 1.41. The minimum Gasteiger partial charge on any atom is -0.497 e. The highest BCUT2D eigenvalue weighted by Gasteiger charge is 2.04. The third-order valence-corrected chi connectivity index (χ3v) is 2.99. The van der Waals surface area contributed by atoms with Crippen molar-refractivity contribution in [2.75, 3.05) is 7.11 Å². The molecular weight excluding hydrogens is 296 g/mol. The lowest BCUT2D eigenvalue weighted by molar-refractivity contribution is 0.412. The van der Waals surface area contributed by atoms with E-state index in [4.69, 9.17) is 15.2 Å². The number of aromatic nitrogens is 1. The van der Waals surface area contributed by atoms with Gasteiger partial charge in [0.15, 0.2) is 0 Å². The van der Waals surface area contributed by atoms with Gasteiger partial charge in [0.05, 0.1) is 23.5 Å². The molecule has 0 radical (unpaired) electrons. The molecule has 0 spiro atoms. The maximum Gasteiger partial charge on any atom is 0.145 e. The van der Waals surface area contributed by atoms with E-state index < -0.39 is 0 Å². The number of hydrogen-bond donors (Lipinski definition) is 1.